The Morgan fingerprint density at radius 2 is 2.03 bits per heavy atom. The van der Waals surface area contributed by atoms with E-state index in [1.54, 1.807) is 36.4 Å². The maximum absolute atomic E-state index is 13.6. The van der Waals surface area contributed by atoms with Gasteiger partial charge in [0.1, 0.15) is 17.2 Å². The third kappa shape index (κ3) is 10.1. The first-order chi connectivity index (χ1) is 17.2. The number of benzene rings is 1. The smallest absolute Gasteiger partial charge is 0.426 e. The van der Waals surface area contributed by atoms with Gasteiger partial charge >= 0.3 is 6.18 Å². The van der Waals surface area contributed by atoms with E-state index in [1.165, 1.54) is 0 Å². The number of nitrogens with one attached hydrogen (secondary N) is 1. The van der Waals surface area contributed by atoms with Crippen molar-refractivity contribution < 1.29 is 27.4 Å². The summed E-state index contributed by atoms with van der Waals surface area (Å²) in [4.78, 5) is 12.1. The lowest BCUT2D eigenvalue weighted by atomic mass is 10.1. The molecule has 1 unspecified atom stereocenters. The molecule has 36 heavy (non-hydrogen) atoms. The van der Waals surface area contributed by atoms with E-state index in [2.05, 4.69) is 11.4 Å². The lowest BCUT2D eigenvalue weighted by molar-refractivity contribution is -0.133. The molecule has 198 valence electrons. The maximum atomic E-state index is 13.6. The molecule has 0 saturated carbocycles. The number of rotatable bonds is 13. The number of thiophene rings is 1. The number of alkyl halides is 4. The van der Waals surface area contributed by atoms with Crippen molar-refractivity contribution in [2.45, 2.75) is 49.5 Å². The molecule has 4 nitrogen and oxygen atoms in total. The highest BCUT2D eigenvalue weighted by Gasteiger charge is 2.36. The summed E-state index contributed by atoms with van der Waals surface area (Å²) in [6.45, 7) is 6.04. The van der Waals surface area contributed by atoms with Gasteiger partial charge in [-0.05, 0) is 73.6 Å². The fraction of sp³-hybridized carbons (Fsp3) is 0.423. The number of allylic oxidation sites excluding steroid dienone is 3. The van der Waals surface area contributed by atoms with Crippen LogP contribution in [0.3, 0.4) is 0 Å². The molecule has 0 saturated heterocycles. The molecule has 0 fully saturated rings. The lowest BCUT2D eigenvalue weighted by Gasteiger charge is -2.13. The van der Waals surface area contributed by atoms with Crippen LogP contribution in [-0.4, -0.2) is 33.5 Å². The molecule has 0 radical (unpaired) electrons. The summed E-state index contributed by atoms with van der Waals surface area (Å²) in [5, 5.41) is 3.21. The molecule has 0 aliphatic heterocycles. The average Bonchev–Trinajstić information content (AvgIpc) is 3.30. The van der Waals surface area contributed by atoms with Crippen LogP contribution in [0.5, 0.6) is 0 Å². The third-order valence-corrected chi connectivity index (χ3v) is 17.4. The Kier molecular flexibility index (Phi) is 12.2. The van der Waals surface area contributed by atoms with Crippen molar-refractivity contribution in [3.63, 3.8) is 0 Å². The minimum absolute atomic E-state index is 0.0930. The van der Waals surface area contributed by atoms with Crippen molar-refractivity contribution in [2.24, 2.45) is 0 Å². The van der Waals surface area contributed by atoms with Crippen LogP contribution in [0, 0.1) is 0 Å². The number of hydrogen-bond donors (Lipinski definition) is 1. The summed E-state index contributed by atoms with van der Waals surface area (Å²) < 4.78 is 52.8. The number of carbonyl (C=O) groups is 1. The molecule has 1 heterocycles. The Bertz CT molecular complexity index is 1080. The molecule has 1 aliphatic carbocycles. The number of ether oxygens (including phenoxy) is 2. The second-order valence-corrected chi connectivity index (χ2v) is 19.0. The second-order valence-electron chi connectivity index (χ2n) is 8.28. The Morgan fingerprint density at radius 1 is 1.25 bits per heavy atom. The normalized spacial score (nSPS) is 16.5. The van der Waals surface area contributed by atoms with Crippen LogP contribution in [0.15, 0.2) is 60.4 Å². The van der Waals surface area contributed by atoms with Gasteiger partial charge in [-0.25, -0.2) is 0 Å². The molecular weight excluding hydrogens is 717 g/mol. The zero-order valence-corrected chi connectivity index (χ0v) is 25.2. The molecule has 10 heteroatoms. The van der Waals surface area contributed by atoms with E-state index in [4.69, 9.17) is 9.47 Å². The summed E-state index contributed by atoms with van der Waals surface area (Å²) in [6, 6.07) is 10.2. The zero-order valence-electron chi connectivity index (χ0n) is 20.1. The Morgan fingerprint density at radius 3 is 2.69 bits per heavy atom. The lowest BCUT2D eigenvalue weighted by Crippen LogP contribution is -2.22. The van der Waals surface area contributed by atoms with Gasteiger partial charge in [-0.1, -0.05) is 53.0 Å². The largest absolute Gasteiger partial charge is 0.488 e. The molecule has 0 spiro atoms. The van der Waals surface area contributed by atoms with E-state index in [-0.39, 0.29) is 34.9 Å². The quantitative estimate of drug-likeness (QED) is 0.0979. The topological polar surface area (TPSA) is 47.6 Å². The maximum Gasteiger partial charge on any atom is 0.426 e. The van der Waals surface area contributed by atoms with E-state index in [0.29, 0.717) is 37.1 Å². The van der Waals surface area contributed by atoms with Gasteiger partial charge in [0.15, 0.2) is 0 Å². The second kappa shape index (κ2) is 14.8. The standard InChI is InChI=1S/C26H30F3I2NO3S/c1-18(2)34-14-6-13-32-16-24(33)31-30-20-9-11-21(12-10-20)35-17-22-15-23(19-7-4-3-5-8-19)25(36-22)26(27,28)29/h3-5,7-9,11-12,15,18,20,32H,6,10,13-14,16-17H2,1-2H3. The van der Waals surface area contributed by atoms with Crippen LogP contribution in [0.2, 0.25) is 0 Å². The molecule has 1 aliphatic rings. The van der Waals surface area contributed by atoms with Gasteiger partial charge in [-0.3, -0.25) is 4.79 Å². The van der Waals surface area contributed by atoms with Crippen molar-refractivity contribution in [3.05, 3.63) is 70.1 Å². The Balaban J connectivity index is 1.45. The highest BCUT2D eigenvalue weighted by atomic mass is 128. The van der Waals surface area contributed by atoms with Gasteiger partial charge in [-0.15, -0.1) is 11.3 Å². The van der Waals surface area contributed by atoms with E-state index in [1.807, 2.05) is 26.0 Å². The third-order valence-electron chi connectivity index (χ3n) is 4.96. The molecule has 1 atom stereocenters. The molecule has 0 bridgehead atoms. The van der Waals surface area contributed by atoms with Crippen LogP contribution >= 0.6 is 44.5 Å². The van der Waals surface area contributed by atoms with Crippen LogP contribution in [-0.2, 0) is 27.1 Å². The number of halogens is 5. The molecule has 0 amide bonds. The minimum Gasteiger partial charge on any atom is -0.488 e. The number of hydrogen-bond acceptors (Lipinski definition) is 5. The zero-order chi connectivity index (χ0) is 26.0. The molecular formula is C26H30F3I2NO3S. The van der Waals surface area contributed by atoms with E-state index in [9.17, 15) is 18.0 Å². The summed E-state index contributed by atoms with van der Waals surface area (Å²) in [6.07, 6.45) is 3.52. The van der Waals surface area contributed by atoms with Gasteiger partial charge < -0.3 is 14.8 Å². The van der Waals surface area contributed by atoms with Crippen molar-refractivity contribution >= 4 is 48.3 Å². The first-order valence-electron chi connectivity index (χ1n) is 11.6. The van der Waals surface area contributed by atoms with Crippen LogP contribution < -0.4 is 5.32 Å². The first kappa shape index (κ1) is 29.6. The van der Waals surface area contributed by atoms with Crippen LogP contribution in [0.25, 0.3) is 11.1 Å². The van der Waals surface area contributed by atoms with Gasteiger partial charge in [0.25, 0.3) is 0 Å². The van der Waals surface area contributed by atoms with Gasteiger partial charge in [-0.2, -0.15) is 13.2 Å². The summed E-state index contributed by atoms with van der Waals surface area (Å²) in [7, 11) is 0. The summed E-state index contributed by atoms with van der Waals surface area (Å²) in [5.74, 6) is 0.674. The fourth-order valence-electron chi connectivity index (χ4n) is 3.28. The summed E-state index contributed by atoms with van der Waals surface area (Å²) >= 11 is 0.0850. The van der Waals surface area contributed by atoms with E-state index in [0.717, 1.165) is 30.7 Å². The average molecular weight is 747 g/mol. The minimum atomic E-state index is -4.41. The monoisotopic (exact) mass is 747 g/mol. The van der Waals surface area contributed by atoms with E-state index < -0.39 is 27.6 Å². The van der Waals surface area contributed by atoms with Gasteiger partial charge in [0, 0.05) is 21.0 Å². The Labute approximate surface area is 230 Å². The number of carbonyl (C=O) groups excluding carboxylic acids is 1. The first-order valence-corrected chi connectivity index (χ1v) is 21.0. The fourth-order valence-corrected chi connectivity index (χ4v) is 13.1. The van der Waals surface area contributed by atoms with Gasteiger partial charge in [0.05, 0.1) is 12.6 Å². The van der Waals surface area contributed by atoms with Crippen LogP contribution in [0.4, 0.5) is 13.2 Å². The predicted octanol–water partition coefficient (Wildman–Crippen LogP) is 7.95. The highest BCUT2D eigenvalue weighted by molar-refractivity contribution is 14.8. The van der Waals surface area contributed by atoms with Crippen molar-refractivity contribution in [1.82, 2.24) is 5.32 Å². The summed E-state index contributed by atoms with van der Waals surface area (Å²) in [5.41, 5.74) is 0.737. The van der Waals surface area contributed by atoms with E-state index >= 15 is 0 Å². The molecule has 3 rings (SSSR count). The van der Waals surface area contributed by atoms with Crippen molar-refractivity contribution in [1.29, 1.82) is 0 Å². The highest BCUT2D eigenvalue weighted by Crippen LogP contribution is 2.43. The van der Waals surface area contributed by atoms with Gasteiger partial charge in [0.2, 0.25) is 3.79 Å². The van der Waals surface area contributed by atoms with Crippen molar-refractivity contribution in [2.75, 3.05) is 19.7 Å². The Hall–Kier alpha value is -0.960. The molecule has 2 aromatic rings. The predicted molar refractivity (Wildman–Crippen MR) is 157 cm³/mol. The van der Waals surface area contributed by atoms with Crippen molar-refractivity contribution in [3.8, 4) is 11.1 Å². The SMILES string of the molecule is CC(C)OCCCNCC(=O)I=IC1C=CC(OCc2cc(-c3ccccc3)c(C(F)(F)F)s2)=CC1. The molecule has 1 aromatic carbocycles. The van der Waals surface area contributed by atoms with Crippen LogP contribution in [0.1, 0.15) is 36.4 Å². The molecule has 1 aromatic heterocycles. The molecule has 1 N–H and O–H groups in total.